The molecule has 7 aromatic rings. The summed E-state index contributed by atoms with van der Waals surface area (Å²) in [6.45, 7) is 21.1. The van der Waals surface area contributed by atoms with Crippen molar-refractivity contribution in [1.82, 2.24) is 0 Å². The molecule has 0 atom stereocenters. The molecule has 2 nitrogen and oxygen atoms in total. The lowest BCUT2D eigenvalue weighted by Gasteiger charge is -2.40. The van der Waals surface area contributed by atoms with E-state index in [2.05, 4.69) is 224 Å². The molecule has 1 heterocycles. The number of fused-ring (bicyclic) bond motifs is 12. The molecule has 2 heteroatoms. The van der Waals surface area contributed by atoms with Crippen molar-refractivity contribution >= 4 is 34.1 Å². The molecule has 0 saturated carbocycles. The van der Waals surface area contributed by atoms with Crippen molar-refractivity contribution in [3.8, 4) is 22.3 Å². The molecule has 7 aromatic carbocycles. The molecule has 0 fully saturated rings. The van der Waals surface area contributed by atoms with Gasteiger partial charge in [-0.2, -0.15) is 0 Å². The molecule has 1 aliphatic heterocycles. The highest BCUT2D eigenvalue weighted by molar-refractivity contribution is 6.03. The number of rotatable bonds is 2. The highest BCUT2D eigenvalue weighted by Gasteiger charge is 2.53. The maximum Gasteiger partial charge on any atom is 0.0726 e. The largest absolute Gasteiger partial charge is 0.306 e. The Morgan fingerprint density at radius 1 is 0.316 bits per heavy atom. The molecule has 0 unspecified atom stereocenters. The molecule has 0 amide bonds. The lowest BCUT2D eigenvalue weighted by atomic mass is 9.68. The minimum atomic E-state index is -0.500. The molecule has 1 spiro atoms. The third-order valence-corrected chi connectivity index (χ3v) is 12.9. The van der Waals surface area contributed by atoms with E-state index in [4.69, 9.17) is 0 Å². The summed E-state index contributed by atoms with van der Waals surface area (Å²) in [4.78, 5) is 4.90. The summed E-state index contributed by atoms with van der Waals surface area (Å²) in [5, 5.41) is 0. The van der Waals surface area contributed by atoms with Crippen LogP contribution < -0.4 is 9.80 Å². The SMILES string of the molecule is CC(C)(C)c1ccc2c(c1)C1(c3cc(N4c5ccccc5N(c5ccccc5)c5ccccc54)ccc3-2)c2cc(C(C)(C)C)ccc2-c2ccc(C(C)(C)C)cc21. The lowest BCUT2D eigenvalue weighted by molar-refractivity contribution is 0.584. The second kappa shape index (κ2) is 12.1. The van der Waals surface area contributed by atoms with Crippen LogP contribution in [-0.2, 0) is 21.7 Å². The van der Waals surface area contributed by atoms with Gasteiger partial charge in [0.1, 0.15) is 0 Å². The van der Waals surface area contributed by atoms with Gasteiger partial charge in [-0.3, -0.25) is 0 Å². The van der Waals surface area contributed by atoms with E-state index in [1.54, 1.807) is 0 Å². The normalized spacial score (nSPS) is 14.8. The van der Waals surface area contributed by atoms with Crippen LogP contribution in [0.2, 0.25) is 0 Å². The first-order valence-corrected chi connectivity index (χ1v) is 20.6. The lowest BCUT2D eigenvalue weighted by Crippen LogP contribution is -2.28. The Morgan fingerprint density at radius 3 is 1.00 bits per heavy atom. The standard InChI is InChI=1S/C55H52N2/c1-52(2,3)35-23-27-40-41-28-24-36(53(4,5)6)32-45(41)55(44(40)31-35)46-33-37(54(7,8)9)25-29-42(46)43-30-26-39(34-47(43)55)57-50-21-15-13-19-48(50)56(38-17-11-10-12-18-38)49-20-14-16-22-51(49)57/h10-34H,1-9H3. The molecule has 10 rings (SSSR count). The van der Waals surface area contributed by atoms with Crippen molar-refractivity contribution in [2.45, 2.75) is 84.0 Å². The van der Waals surface area contributed by atoms with Gasteiger partial charge in [0.15, 0.2) is 0 Å². The Morgan fingerprint density at radius 2 is 0.632 bits per heavy atom. The highest BCUT2D eigenvalue weighted by Crippen LogP contribution is 2.65. The van der Waals surface area contributed by atoms with Crippen LogP contribution in [0.4, 0.5) is 34.1 Å². The molecule has 0 N–H and O–H groups in total. The fraction of sp³-hybridized carbons (Fsp3) is 0.236. The topological polar surface area (TPSA) is 6.48 Å². The van der Waals surface area contributed by atoms with Crippen molar-refractivity contribution in [3.63, 3.8) is 0 Å². The van der Waals surface area contributed by atoms with E-state index in [1.165, 1.54) is 66.9 Å². The number of hydrogen-bond donors (Lipinski definition) is 0. The summed E-state index contributed by atoms with van der Waals surface area (Å²) in [5.41, 5.74) is 21.4. The van der Waals surface area contributed by atoms with Crippen LogP contribution in [0, 0.1) is 0 Å². The minimum absolute atomic E-state index is 0.00716. The Bertz CT molecular complexity index is 2600. The van der Waals surface area contributed by atoms with Crippen molar-refractivity contribution in [3.05, 3.63) is 191 Å². The smallest absolute Gasteiger partial charge is 0.0726 e. The first-order chi connectivity index (χ1) is 27.2. The van der Waals surface area contributed by atoms with Gasteiger partial charge in [-0.1, -0.05) is 165 Å². The van der Waals surface area contributed by atoms with Crippen LogP contribution in [0.15, 0.2) is 152 Å². The summed E-state index contributed by atoms with van der Waals surface area (Å²) in [6.07, 6.45) is 0. The van der Waals surface area contributed by atoms with E-state index in [1.807, 2.05) is 0 Å². The van der Waals surface area contributed by atoms with E-state index in [-0.39, 0.29) is 16.2 Å². The minimum Gasteiger partial charge on any atom is -0.306 e. The molecule has 0 aromatic heterocycles. The predicted molar refractivity (Wildman–Crippen MR) is 242 cm³/mol. The first kappa shape index (κ1) is 35.5. The van der Waals surface area contributed by atoms with Gasteiger partial charge in [-0.25, -0.2) is 0 Å². The van der Waals surface area contributed by atoms with Crippen LogP contribution in [0.3, 0.4) is 0 Å². The molecule has 3 aliphatic rings. The van der Waals surface area contributed by atoms with Crippen LogP contribution >= 0.6 is 0 Å². The third kappa shape index (κ3) is 5.15. The Hall–Kier alpha value is -5.86. The molecule has 2 aliphatic carbocycles. The van der Waals surface area contributed by atoms with Gasteiger partial charge < -0.3 is 9.80 Å². The van der Waals surface area contributed by atoms with Crippen LogP contribution in [0.25, 0.3) is 22.3 Å². The summed E-state index contributed by atoms with van der Waals surface area (Å²) in [5.74, 6) is 0. The van der Waals surface area contributed by atoms with E-state index in [0.29, 0.717) is 0 Å². The molecule has 282 valence electrons. The fourth-order valence-electron chi connectivity index (χ4n) is 9.83. The van der Waals surface area contributed by atoms with E-state index in [0.717, 1.165) is 28.4 Å². The van der Waals surface area contributed by atoms with E-state index >= 15 is 0 Å². The van der Waals surface area contributed by atoms with Gasteiger partial charge in [0, 0.05) is 11.4 Å². The van der Waals surface area contributed by atoms with E-state index < -0.39 is 5.41 Å². The predicted octanol–water partition coefficient (Wildman–Crippen LogP) is 15.2. The zero-order valence-corrected chi connectivity index (χ0v) is 34.8. The van der Waals surface area contributed by atoms with Gasteiger partial charge in [-0.05, 0) is 126 Å². The zero-order valence-electron chi connectivity index (χ0n) is 34.8. The Balaban J connectivity index is 1.30. The van der Waals surface area contributed by atoms with E-state index in [9.17, 15) is 0 Å². The molecule has 0 bridgehead atoms. The van der Waals surface area contributed by atoms with Gasteiger partial charge in [0.05, 0.1) is 28.2 Å². The molecular formula is C55H52N2. The number of anilines is 6. The van der Waals surface area contributed by atoms with Crippen molar-refractivity contribution < 1.29 is 0 Å². The van der Waals surface area contributed by atoms with Crippen LogP contribution in [0.5, 0.6) is 0 Å². The average Bonchev–Trinajstić information content (AvgIpc) is 3.65. The number of para-hydroxylation sites is 5. The second-order valence-electron chi connectivity index (χ2n) is 19.5. The summed E-state index contributed by atoms with van der Waals surface area (Å²) < 4.78 is 0. The monoisotopic (exact) mass is 740 g/mol. The van der Waals surface area contributed by atoms with Gasteiger partial charge in [0.2, 0.25) is 0 Å². The maximum atomic E-state index is 2.56. The van der Waals surface area contributed by atoms with Crippen LogP contribution in [-0.4, -0.2) is 0 Å². The maximum absolute atomic E-state index is 2.56. The summed E-state index contributed by atoms with van der Waals surface area (Å²) in [6, 6.07) is 57.9. The van der Waals surface area contributed by atoms with Gasteiger partial charge >= 0.3 is 0 Å². The van der Waals surface area contributed by atoms with Gasteiger partial charge in [0.25, 0.3) is 0 Å². The third-order valence-electron chi connectivity index (χ3n) is 12.9. The van der Waals surface area contributed by atoms with Crippen molar-refractivity contribution in [2.75, 3.05) is 9.80 Å². The quantitative estimate of drug-likeness (QED) is 0.174. The molecule has 0 saturated heterocycles. The van der Waals surface area contributed by atoms with Gasteiger partial charge in [-0.15, -0.1) is 0 Å². The summed E-state index contributed by atoms with van der Waals surface area (Å²) >= 11 is 0. The second-order valence-corrected chi connectivity index (χ2v) is 19.5. The van der Waals surface area contributed by atoms with Crippen LogP contribution in [0.1, 0.15) is 101 Å². The van der Waals surface area contributed by atoms with Crippen molar-refractivity contribution in [2.24, 2.45) is 0 Å². The Labute approximate surface area is 339 Å². The Kier molecular flexibility index (Phi) is 7.53. The number of hydrogen-bond acceptors (Lipinski definition) is 2. The fourth-order valence-corrected chi connectivity index (χ4v) is 9.83. The van der Waals surface area contributed by atoms with Crippen molar-refractivity contribution in [1.29, 1.82) is 0 Å². The average molecular weight is 741 g/mol. The molecular weight excluding hydrogens is 689 g/mol. The molecule has 0 radical (unpaired) electrons. The molecule has 57 heavy (non-hydrogen) atoms. The number of nitrogens with zero attached hydrogens (tertiary/aromatic N) is 2. The highest BCUT2D eigenvalue weighted by atomic mass is 15.3. The first-order valence-electron chi connectivity index (χ1n) is 20.6. The number of benzene rings is 7. The zero-order chi connectivity index (χ0) is 39.6. The summed E-state index contributed by atoms with van der Waals surface area (Å²) in [7, 11) is 0.